The Morgan fingerprint density at radius 3 is 2.58 bits per heavy atom. The van der Waals surface area contributed by atoms with Crippen LogP contribution in [0.1, 0.15) is 47.0 Å². The zero-order chi connectivity index (χ0) is 14.4. The number of cyclic esters (lactones) is 1. The van der Waals surface area contributed by atoms with E-state index >= 15 is 0 Å². The SMILES string of the molecule is CC1C(=O)OC(OC(C)(C)O)C2(O)C[C@H](C)CC[C@@H]12. The average molecular weight is 272 g/mol. The van der Waals surface area contributed by atoms with Gasteiger partial charge in [-0.25, -0.2) is 0 Å². The summed E-state index contributed by atoms with van der Waals surface area (Å²) in [4.78, 5) is 11.9. The quantitative estimate of drug-likeness (QED) is 0.587. The van der Waals surface area contributed by atoms with Crippen LogP contribution in [-0.4, -0.2) is 33.9 Å². The summed E-state index contributed by atoms with van der Waals surface area (Å²) >= 11 is 0. The van der Waals surface area contributed by atoms with Crippen molar-refractivity contribution in [2.75, 3.05) is 0 Å². The number of carbonyl (C=O) groups is 1. The maximum absolute atomic E-state index is 11.9. The van der Waals surface area contributed by atoms with E-state index < -0.39 is 17.7 Å². The van der Waals surface area contributed by atoms with Crippen molar-refractivity contribution in [2.24, 2.45) is 17.8 Å². The molecule has 2 aliphatic rings. The van der Waals surface area contributed by atoms with Crippen molar-refractivity contribution >= 4 is 5.97 Å². The summed E-state index contributed by atoms with van der Waals surface area (Å²) in [5.74, 6) is -1.97. The molecule has 1 saturated heterocycles. The van der Waals surface area contributed by atoms with Crippen LogP contribution in [0.2, 0.25) is 0 Å². The molecule has 2 fully saturated rings. The molecule has 1 saturated carbocycles. The molecule has 0 spiro atoms. The molecule has 2 N–H and O–H groups in total. The third kappa shape index (κ3) is 2.78. The van der Waals surface area contributed by atoms with Crippen LogP contribution >= 0.6 is 0 Å². The lowest BCUT2D eigenvalue weighted by molar-refractivity contribution is -0.344. The predicted molar refractivity (Wildman–Crippen MR) is 67.9 cm³/mol. The highest BCUT2D eigenvalue weighted by molar-refractivity contribution is 5.73. The summed E-state index contributed by atoms with van der Waals surface area (Å²) in [6.45, 7) is 6.78. The minimum atomic E-state index is -1.45. The highest BCUT2D eigenvalue weighted by Gasteiger charge is 2.57. The minimum absolute atomic E-state index is 0.169. The van der Waals surface area contributed by atoms with Gasteiger partial charge in [0.15, 0.2) is 5.79 Å². The van der Waals surface area contributed by atoms with Gasteiger partial charge >= 0.3 is 5.97 Å². The molecule has 0 amide bonds. The van der Waals surface area contributed by atoms with Gasteiger partial charge in [0.05, 0.1) is 5.92 Å². The standard InChI is InChI=1S/C14H24O5/c1-8-5-6-10-9(2)11(15)18-12(14(10,17)7-8)19-13(3,4)16/h8-10,12,16-17H,5-7H2,1-4H3/t8-,9?,10+,12?,14?/m1/s1. The predicted octanol–water partition coefficient (Wildman–Crippen LogP) is 1.42. The van der Waals surface area contributed by atoms with Gasteiger partial charge in [0.25, 0.3) is 0 Å². The number of carbonyl (C=O) groups excluding carboxylic acids is 1. The molecule has 3 unspecified atom stereocenters. The Hall–Kier alpha value is -0.650. The van der Waals surface area contributed by atoms with Crippen molar-refractivity contribution < 1.29 is 24.5 Å². The smallest absolute Gasteiger partial charge is 0.311 e. The fourth-order valence-electron chi connectivity index (χ4n) is 3.35. The monoisotopic (exact) mass is 272 g/mol. The fourth-order valence-corrected chi connectivity index (χ4v) is 3.35. The number of hydrogen-bond acceptors (Lipinski definition) is 5. The van der Waals surface area contributed by atoms with Crippen LogP contribution in [0, 0.1) is 17.8 Å². The second-order valence-electron chi connectivity index (χ2n) is 6.61. The molecule has 0 aromatic rings. The van der Waals surface area contributed by atoms with Crippen LogP contribution in [0.15, 0.2) is 0 Å². The van der Waals surface area contributed by atoms with Gasteiger partial charge in [-0.15, -0.1) is 0 Å². The Bertz CT molecular complexity index is 361. The van der Waals surface area contributed by atoms with Gasteiger partial charge in [-0.05, 0) is 32.6 Å². The van der Waals surface area contributed by atoms with Crippen LogP contribution in [0.5, 0.6) is 0 Å². The average Bonchev–Trinajstić information content (AvgIpc) is 2.23. The van der Waals surface area contributed by atoms with Gasteiger partial charge in [0.2, 0.25) is 6.29 Å². The third-order valence-electron chi connectivity index (χ3n) is 4.29. The largest absolute Gasteiger partial charge is 0.432 e. The maximum Gasteiger partial charge on any atom is 0.311 e. The summed E-state index contributed by atoms with van der Waals surface area (Å²) in [5.41, 5.74) is -1.20. The highest BCUT2D eigenvalue weighted by Crippen LogP contribution is 2.47. The topological polar surface area (TPSA) is 76.0 Å². The first-order chi connectivity index (χ1) is 8.63. The summed E-state index contributed by atoms with van der Waals surface area (Å²) in [6.07, 6.45) is 1.19. The number of hydrogen-bond donors (Lipinski definition) is 2. The molecule has 2 rings (SSSR count). The Morgan fingerprint density at radius 2 is 2.00 bits per heavy atom. The van der Waals surface area contributed by atoms with Crippen molar-refractivity contribution in [2.45, 2.75) is 64.6 Å². The lowest BCUT2D eigenvalue weighted by Gasteiger charge is -2.51. The van der Waals surface area contributed by atoms with E-state index in [0.29, 0.717) is 12.3 Å². The molecule has 5 atom stereocenters. The van der Waals surface area contributed by atoms with Gasteiger partial charge < -0.3 is 19.7 Å². The molecule has 5 heteroatoms. The van der Waals surface area contributed by atoms with Crippen LogP contribution in [0.3, 0.4) is 0 Å². The Morgan fingerprint density at radius 1 is 1.37 bits per heavy atom. The number of esters is 1. The van der Waals surface area contributed by atoms with Gasteiger partial charge in [-0.1, -0.05) is 20.3 Å². The normalized spacial score (nSPS) is 43.6. The summed E-state index contributed by atoms with van der Waals surface area (Å²) in [6, 6.07) is 0. The second-order valence-corrected chi connectivity index (χ2v) is 6.61. The number of aliphatic hydroxyl groups is 2. The van der Waals surface area contributed by atoms with Gasteiger partial charge in [-0.2, -0.15) is 0 Å². The van der Waals surface area contributed by atoms with Crippen LogP contribution < -0.4 is 0 Å². The lowest BCUT2D eigenvalue weighted by Crippen LogP contribution is -2.63. The van der Waals surface area contributed by atoms with E-state index in [1.54, 1.807) is 6.92 Å². The van der Waals surface area contributed by atoms with E-state index in [4.69, 9.17) is 9.47 Å². The van der Waals surface area contributed by atoms with E-state index in [1.807, 2.05) is 0 Å². The van der Waals surface area contributed by atoms with E-state index in [9.17, 15) is 15.0 Å². The van der Waals surface area contributed by atoms with Gasteiger partial charge in [-0.3, -0.25) is 4.79 Å². The Balaban J connectivity index is 2.28. The third-order valence-corrected chi connectivity index (χ3v) is 4.29. The van der Waals surface area contributed by atoms with Crippen molar-refractivity contribution in [3.05, 3.63) is 0 Å². The first-order valence-corrected chi connectivity index (χ1v) is 6.96. The molecule has 5 nitrogen and oxygen atoms in total. The molecule has 1 aliphatic heterocycles. The second kappa shape index (κ2) is 4.72. The first-order valence-electron chi connectivity index (χ1n) is 6.96. The Kier molecular flexibility index (Phi) is 3.66. The summed E-state index contributed by atoms with van der Waals surface area (Å²) < 4.78 is 10.6. The van der Waals surface area contributed by atoms with E-state index in [2.05, 4.69) is 6.92 Å². The molecule has 0 bridgehead atoms. The molecule has 1 aliphatic carbocycles. The molecule has 0 aromatic heterocycles. The van der Waals surface area contributed by atoms with E-state index in [1.165, 1.54) is 13.8 Å². The zero-order valence-electron chi connectivity index (χ0n) is 12.0. The minimum Gasteiger partial charge on any atom is -0.432 e. The number of fused-ring (bicyclic) bond motifs is 1. The van der Waals surface area contributed by atoms with Gasteiger partial charge in [0, 0.05) is 5.92 Å². The highest BCUT2D eigenvalue weighted by atomic mass is 16.8. The molecule has 0 aromatic carbocycles. The van der Waals surface area contributed by atoms with Crippen LogP contribution in [0.25, 0.3) is 0 Å². The first kappa shape index (κ1) is 14.8. The molecule has 0 radical (unpaired) electrons. The number of rotatable bonds is 2. The van der Waals surface area contributed by atoms with Crippen molar-refractivity contribution in [3.63, 3.8) is 0 Å². The molecule has 19 heavy (non-hydrogen) atoms. The molecule has 110 valence electrons. The lowest BCUT2D eigenvalue weighted by atomic mass is 9.65. The van der Waals surface area contributed by atoms with E-state index in [0.717, 1.165) is 12.8 Å². The molecule has 1 heterocycles. The summed E-state index contributed by atoms with van der Waals surface area (Å²) in [5, 5.41) is 20.7. The Labute approximate surface area is 113 Å². The van der Waals surface area contributed by atoms with E-state index in [-0.39, 0.29) is 17.8 Å². The zero-order valence-corrected chi connectivity index (χ0v) is 12.0. The fraction of sp³-hybridized carbons (Fsp3) is 0.929. The van der Waals surface area contributed by atoms with Crippen molar-refractivity contribution in [1.29, 1.82) is 0 Å². The maximum atomic E-state index is 11.9. The molecular formula is C14H24O5. The molecular weight excluding hydrogens is 248 g/mol. The number of ether oxygens (including phenoxy) is 2. The van der Waals surface area contributed by atoms with Crippen molar-refractivity contribution in [1.82, 2.24) is 0 Å². The van der Waals surface area contributed by atoms with Crippen molar-refractivity contribution in [3.8, 4) is 0 Å². The van der Waals surface area contributed by atoms with Gasteiger partial charge in [0.1, 0.15) is 5.60 Å². The van der Waals surface area contributed by atoms with Crippen LogP contribution in [0.4, 0.5) is 0 Å². The van der Waals surface area contributed by atoms with Crippen LogP contribution in [-0.2, 0) is 14.3 Å². The summed E-state index contributed by atoms with van der Waals surface area (Å²) in [7, 11) is 0.